The van der Waals surface area contributed by atoms with E-state index in [9.17, 15) is 14.0 Å². The molecule has 2 N–H and O–H groups in total. The van der Waals surface area contributed by atoms with Crippen molar-refractivity contribution in [3.05, 3.63) is 65.5 Å². The summed E-state index contributed by atoms with van der Waals surface area (Å²) in [6, 6.07) is 14.3. The Bertz CT molecular complexity index is 838. The van der Waals surface area contributed by atoms with Crippen LogP contribution in [-0.4, -0.2) is 36.3 Å². The second-order valence-electron chi connectivity index (χ2n) is 7.28. The molecule has 0 aromatic heterocycles. The molecule has 5 nitrogen and oxygen atoms in total. The van der Waals surface area contributed by atoms with Crippen LogP contribution in [0.1, 0.15) is 36.4 Å². The first-order chi connectivity index (χ1) is 13.4. The molecule has 0 radical (unpaired) electrons. The van der Waals surface area contributed by atoms with Gasteiger partial charge in [0.15, 0.2) is 0 Å². The van der Waals surface area contributed by atoms with Gasteiger partial charge in [0.1, 0.15) is 5.82 Å². The first kappa shape index (κ1) is 20.0. The van der Waals surface area contributed by atoms with E-state index in [1.54, 1.807) is 12.1 Å². The van der Waals surface area contributed by atoms with Crippen molar-refractivity contribution in [1.82, 2.24) is 4.90 Å². The van der Waals surface area contributed by atoms with Gasteiger partial charge in [-0.1, -0.05) is 29.8 Å². The first-order valence-corrected chi connectivity index (χ1v) is 9.59. The topological polar surface area (TPSA) is 66.6 Å². The molecule has 0 saturated carbocycles. The molecule has 3 rings (SSSR count). The number of aryl methyl sites for hydroxylation is 1. The second-order valence-corrected chi connectivity index (χ2v) is 7.28. The number of hydrogen-bond acceptors (Lipinski definition) is 3. The van der Waals surface area contributed by atoms with Crippen LogP contribution in [0.25, 0.3) is 0 Å². The Morgan fingerprint density at radius 2 is 1.96 bits per heavy atom. The van der Waals surface area contributed by atoms with Gasteiger partial charge in [0.25, 0.3) is 0 Å². The van der Waals surface area contributed by atoms with Gasteiger partial charge < -0.3 is 10.6 Å². The molecule has 0 bridgehead atoms. The van der Waals surface area contributed by atoms with Crippen LogP contribution < -0.4 is 10.6 Å². The SMILES string of the molecule is Cc1cccc(C2CCCN2CC(=O)N(CCC(N)=O)c2ccc(F)cc2)c1. The van der Waals surface area contributed by atoms with E-state index < -0.39 is 5.91 Å². The first-order valence-electron chi connectivity index (χ1n) is 9.59. The third-order valence-electron chi connectivity index (χ3n) is 5.15. The molecule has 0 spiro atoms. The lowest BCUT2D eigenvalue weighted by Gasteiger charge is -2.29. The van der Waals surface area contributed by atoms with Gasteiger partial charge in [-0.05, 0) is 56.1 Å². The van der Waals surface area contributed by atoms with Crippen molar-refractivity contribution in [1.29, 1.82) is 0 Å². The minimum atomic E-state index is -0.473. The molecule has 1 heterocycles. The van der Waals surface area contributed by atoms with Gasteiger partial charge in [0.2, 0.25) is 11.8 Å². The van der Waals surface area contributed by atoms with Crippen molar-refractivity contribution >= 4 is 17.5 Å². The maximum atomic E-state index is 13.3. The van der Waals surface area contributed by atoms with Gasteiger partial charge in [0, 0.05) is 24.7 Å². The highest BCUT2D eigenvalue weighted by Crippen LogP contribution is 2.32. The van der Waals surface area contributed by atoms with E-state index in [1.807, 2.05) is 6.07 Å². The Morgan fingerprint density at radius 3 is 2.64 bits per heavy atom. The molecule has 2 aromatic rings. The van der Waals surface area contributed by atoms with Gasteiger partial charge in [-0.25, -0.2) is 4.39 Å². The fourth-order valence-electron chi connectivity index (χ4n) is 3.77. The molecule has 1 unspecified atom stereocenters. The van der Waals surface area contributed by atoms with Crippen LogP contribution in [0.5, 0.6) is 0 Å². The van der Waals surface area contributed by atoms with Crippen LogP contribution >= 0.6 is 0 Å². The van der Waals surface area contributed by atoms with Crippen molar-refractivity contribution in [2.24, 2.45) is 5.73 Å². The van der Waals surface area contributed by atoms with Crippen molar-refractivity contribution in [2.75, 3.05) is 24.5 Å². The Hall–Kier alpha value is -2.73. The van der Waals surface area contributed by atoms with E-state index >= 15 is 0 Å². The van der Waals surface area contributed by atoms with Crippen molar-refractivity contribution in [3.8, 4) is 0 Å². The maximum Gasteiger partial charge on any atom is 0.241 e. The minimum absolute atomic E-state index is 0.0599. The summed E-state index contributed by atoms with van der Waals surface area (Å²) in [6.45, 7) is 3.34. The van der Waals surface area contributed by atoms with Gasteiger partial charge >= 0.3 is 0 Å². The van der Waals surface area contributed by atoms with Crippen LogP contribution in [-0.2, 0) is 9.59 Å². The second kappa shape index (κ2) is 8.97. The number of amides is 2. The predicted octanol–water partition coefficient (Wildman–Crippen LogP) is 3.18. The third-order valence-corrected chi connectivity index (χ3v) is 5.15. The predicted molar refractivity (Wildman–Crippen MR) is 107 cm³/mol. The largest absolute Gasteiger partial charge is 0.370 e. The van der Waals surface area contributed by atoms with Gasteiger partial charge in [-0.15, -0.1) is 0 Å². The quantitative estimate of drug-likeness (QED) is 0.799. The summed E-state index contributed by atoms with van der Waals surface area (Å²) < 4.78 is 13.3. The molecule has 2 aromatic carbocycles. The van der Waals surface area contributed by atoms with E-state index in [0.717, 1.165) is 19.4 Å². The Labute approximate surface area is 164 Å². The molecule has 1 aliphatic rings. The van der Waals surface area contributed by atoms with Crippen molar-refractivity contribution in [3.63, 3.8) is 0 Å². The fraction of sp³-hybridized carbons (Fsp3) is 0.364. The molecule has 1 aliphatic heterocycles. The standard InChI is InChI=1S/C22H26FN3O2/c1-16-4-2-5-17(14-16)20-6-3-12-25(20)15-22(28)26(13-11-21(24)27)19-9-7-18(23)8-10-19/h2,4-5,7-10,14,20H,3,6,11-13,15H2,1H3,(H2,24,27). The Balaban J connectivity index is 1.76. The van der Waals surface area contributed by atoms with E-state index in [0.29, 0.717) is 5.69 Å². The number of likely N-dealkylation sites (tertiary alicyclic amines) is 1. The number of carbonyl (C=O) groups is 2. The number of primary amides is 1. The zero-order valence-corrected chi connectivity index (χ0v) is 16.1. The number of benzene rings is 2. The summed E-state index contributed by atoms with van der Waals surface area (Å²) in [4.78, 5) is 28.0. The highest BCUT2D eigenvalue weighted by Gasteiger charge is 2.29. The average Bonchev–Trinajstić information content (AvgIpc) is 3.11. The lowest BCUT2D eigenvalue weighted by atomic mass is 10.0. The summed E-state index contributed by atoms with van der Waals surface area (Å²) in [7, 11) is 0. The molecule has 0 aliphatic carbocycles. The summed E-state index contributed by atoms with van der Waals surface area (Å²) in [5.41, 5.74) is 8.26. The molecule has 6 heteroatoms. The smallest absolute Gasteiger partial charge is 0.241 e. The molecule has 1 fully saturated rings. The highest BCUT2D eigenvalue weighted by atomic mass is 19.1. The van der Waals surface area contributed by atoms with Crippen molar-refractivity contribution in [2.45, 2.75) is 32.2 Å². The molecule has 1 saturated heterocycles. The van der Waals surface area contributed by atoms with Crippen LogP contribution in [0.15, 0.2) is 48.5 Å². The number of nitrogens with zero attached hydrogens (tertiary/aromatic N) is 2. The van der Waals surface area contributed by atoms with Crippen LogP contribution in [0.2, 0.25) is 0 Å². The molecular weight excluding hydrogens is 357 g/mol. The Kier molecular flexibility index (Phi) is 6.41. The number of rotatable bonds is 7. The summed E-state index contributed by atoms with van der Waals surface area (Å²) in [6.07, 6.45) is 2.10. The van der Waals surface area contributed by atoms with E-state index in [2.05, 4.69) is 30.0 Å². The third kappa shape index (κ3) is 4.95. The lowest BCUT2D eigenvalue weighted by molar-refractivity contribution is -0.120. The summed E-state index contributed by atoms with van der Waals surface area (Å²) in [5.74, 6) is -0.962. The number of nitrogens with two attached hydrogens (primary N) is 1. The minimum Gasteiger partial charge on any atom is -0.370 e. The summed E-state index contributed by atoms with van der Waals surface area (Å²) in [5, 5.41) is 0. The number of hydrogen-bond donors (Lipinski definition) is 1. The average molecular weight is 383 g/mol. The highest BCUT2D eigenvalue weighted by molar-refractivity contribution is 5.95. The molecular formula is C22H26FN3O2. The van der Waals surface area contributed by atoms with Gasteiger partial charge in [-0.3, -0.25) is 14.5 Å². The molecule has 1 atom stereocenters. The van der Waals surface area contributed by atoms with Crippen molar-refractivity contribution < 1.29 is 14.0 Å². The van der Waals surface area contributed by atoms with Crippen LogP contribution in [0.4, 0.5) is 10.1 Å². The molecule has 148 valence electrons. The number of halogens is 1. The maximum absolute atomic E-state index is 13.3. The number of carbonyl (C=O) groups excluding carboxylic acids is 2. The normalized spacial score (nSPS) is 16.9. The van der Waals surface area contributed by atoms with Gasteiger partial charge in [-0.2, -0.15) is 0 Å². The van der Waals surface area contributed by atoms with Crippen LogP contribution in [0, 0.1) is 12.7 Å². The van der Waals surface area contributed by atoms with Gasteiger partial charge in [0.05, 0.1) is 6.54 Å². The monoisotopic (exact) mass is 383 g/mol. The molecule has 28 heavy (non-hydrogen) atoms. The molecule has 2 amide bonds. The zero-order chi connectivity index (χ0) is 20.1. The van der Waals surface area contributed by atoms with E-state index in [1.165, 1.54) is 28.2 Å². The number of anilines is 1. The lowest BCUT2D eigenvalue weighted by Crippen LogP contribution is -2.41. The zero-order valence-electron chi connectivity index (χ0n) is 16.1. The summed E-state index contributed by atoms with van der Waals surface area (Å²) >= 11 is 0. The van der Waals surface area contributed by atoms with E-state index in [-0.39, 0.29) is 37.3 Å². The van der Waals surface area contributed by atoms with Crippen LogP contribution in [0.3, 0.4) is 0 Å². The fourth-order valence-corrected chi connectivity index (χ4v) is 3.77. The Morgan fingerprint density at radius 1 is 1.21 bits per heavy atom. The van der Waals surface area contributed by atoms with E-state index in [4.69, 9.17) is 5.73 Å².